The first-order chi connectivity index (χ1) is 13.4. The van der Waals surface area contributed by atoms with Crippen molar-refractivity contribution in [3.63, 3.8) is 0 Å². The smallest absolute Gasteiger partial charge is 0.339 e. The normalized spacial score (nSPS) is 10.9. The maximum atomic E-state index is 12.1. The SMILES string of the molecule is Cc1c(C)c2cc(Cl)c(OCC(=O)Nc3ccc(CCO)cc3)cc2oc1=O. The van der Waals surface area contributed by atoms with Crippen LogP contribution in [0.4, 0.5) is 5.69 Å². The quantitative estimate of drug-likeness (QED) is 0.616. The molecule has 7 heteroatoms. The number of hydrogen-bond donors (Lipinski definition) is 2. The lowest BCUT2D eigenvalue weighted by Crippen LogP contribution is -2.20. The molecule has 1 aromatic heterocycles. The Morgan fingerprint density at radius 3 is 2.57 bits per heavy atom. The number of rotatable bonds is 6. The molecule has 3 aromatic rings. The summed E-state index contributed by atoms with van der Waals surface area (Å²) in [5, 5.41) is 12.7. The average molecular weight is 402 g/mol. The van der Waals surface area contributed by atoms with E-state index in [4.69, 9.17) is 25.9 Å². The molecule has 0 atom stereocenters. The topological polar surface area (TPSA) is 88.8 Å². The van der Waals surface area contributed by atoms with Crippen molar-refractivity contribution >= 4 is 34.2 Å². The molecule has 1 heterocycles. The summed E-state index contributed by atoms with van der Waals surface area (Å²) in [6.07, 6.45) is 0.562. The fraction of sp³-hybridized carbons (Fsp3) is 0.238. The number of amides is 1. The van der Waals surface area contributed by atoms with E-state index in [0.717, 1.165) is 16.5 Å². The minimum absolute atomic E-state index is 0.0747. The molecule has 0 fully saturated rings. The van der Waals surface area contributed by atoms with Crippen molar-refractivity contribution in [2.45, 2.75) is 20.3 Å². The molecule has 1 amide bonds. The zero-order chi connectivity index (χ0) is 20.3. The van der Waals surface area contributed by atoms with E-state index in [0.29, 0.717) is 28.3 Å². The van der Waals surface area contributed by atoms with Gasteiger partial charge in [-0.05, 0) is 49.6 Å². The maximum Gasteiger partial charge on any atom is 0.339 e. The molecule has 0 spiro atoms. The van der Waals surface area contributed by atoms with Crippen molar-refractivity contribution in [1.82, 2.24) is 0 Å². The second-order valence-corrected chi connectivity index (χ2v) is 6.83. The number of fused-ring (bicyclic) bond motifs is 1. The van der Waals surface area contributed by atoms with Gasteiger partial charge in [-0.2, -0.15) is 0 Å². The number of hydrogen-bond acceptors (Lipinski definition) is 5. The van der Waals surface area contributed by atoms with Crippen LogP contribution in [0, 0.1) is 13.8 Å². The molecule has 0 aliphatic rings. The summed E-state index contributed by atoms with van der Waals surface area (Å²) < 4.78 is 10.8. The van der Waals surface area contributed by atoms with Gasteiger partial charge in [-0.15, -0.1) is 0 Å². The lowest BCUT2D eigenvalue weighted by Gasteiger charge is -2.11. The Hall–Kier alpha value is -2.83. The number of ether oxygens (including phenoxy) is 1. The first-order valence-electron chi connectivity index (χ1n) is 8.75. The third-order valence-electron chi connectivity index (χ3n) is 4.51. The van der Waals surface area contributed by atoms with Crippen LogP contribution in [-0.2, 0) is 11.2 Å². The van der Waals surface area contributed by atoms with Gasteiger partial charge in [0.05, 0.1) is 5.02 Å². The largest absolute Gasteiger partial charge is 0.482 e. The van der Waals surface area contributed by atoms with Crippen LogP contribution in [0.15, 0.2) is 45.6 Å². The van der Waals surface area contributed by atoms with Gasteiger partial charge in [0.2, 0.25) is 0 Å². The highest BCUT2D eigenvalue weighted by Gasteiger charge is 2.13. The highest BCUT2D eigenvalue weighted by Crippen LogP contribution is 2.31. The molecular formula is C21H20ClNO5. The van der Waals surface area contributed by atoms with Gasteiger partial charge in [0.1, 0.15) is 11.3 Å². The molecule has 0 aliphatic heterocycles. The Labute approximate surface area is 166 Å². The Kier molecular flexibility index (Phi) is 6.02. The van der Waals surface area contributed by atoms with Crippen LogP contribution in [0.2, 0.25) is 5.02 Å². The van der Waals surface area contributed by atoms with Gasteiger partial charge < -0.3 is 19.6 Å². The molecule has 3 rings (SSSR count). The van der Waals surface area contributed by atoms with Crippen LogP contribution in [-0.4, -0.2) is 24.2 Å². The Morgan fingerprint density at radius 2 is 1.89 bits per heavy atom. The molecule has 2 aromatic carbocycles. The van der Waals surface area contributed by atoms with Crippen LogP contribution < -0.4 is 15.7 Å². The Balaban J connectivity index is 1.70. The summed E-state index contributed by atoms with van der Waals surface area (Å²) in [7, 11) is 0. The number of aliphatic hydroxyl groups is 1. The van der Waals surface area contributed by atoms with Gasteiger partial charge in [-0.3, -0.25) is 4.79 Å². The van der Waals surface area contributed by atoms with Crippen LogP contribution in [0.5, 0.6) is 5.75 Å². The molecule has 0 aliphatic carbocycles. The van der Waals surface area contributed by atoms with E-state index in [-0.39, 0.29) is 24.9 Å². The molecule has 6 nitrogen and oxygen atoms in total. The standard InChI is InChI=1S/C21H20ClNO5/c1-12-13(2)21(26)28-18-10-19(17(22)9-16(12)18)27-11-20(25)23-15-5-3-14(4-6-15)7-8-24/h3-6,9-10,24H,7-8,11H2,1-2H3,(H,23,25). The van der Waals surface area contributed by atoms with Crippen molar-refractivity contribution in [2.24, 2.45) is 0 Å². The first-order valence-corrected chi connectivity index (χ1v) is 9.13. The summed E-state index contributed by atoms with van der Waals surface area (Å²) in [6.45, 7) is 3.34. The number of benzene rings is 2. The lowest BCUT2D eigenvalue weighted by molar-refractivity contribution is -0.118. The van der Waals surface area contributed by atoms with E-state index in [1.54, 1.807) is 25.1 Å². The molecule has 2 N–H and O–H groups in total. The van der Waals surface area contributed by atoms with Gasteiger partial charge in [-0.1, -0.05) is 23.7 Å². The molecule has 28 heavy (non-hydrogen) atoms. The van der Waals surface area contributed by atoms with Crippen LogP contribution in [0.3, 0.4) is 0 Å². The Bertz CT molecular complexity index is 1070. The Morgan fingerprint density at radius 1 is 1.18 bits per heavy atom. The number of nitrogens with one attached hydrogen (secondary N) is 1. The minimum Gasteiger partial charge on any atom is -0.482 e. The van der Waals surface area contributed by atoms with E-state index < -0.39 is 5.63 Å². The van der Waals surface area contributed by atoms with Crippen molar-refractivity contribution in [3.05, 3.63) is 68.5 Å². The van der Waals surface area contributed by atoms with Crippen LogP contribution in [0.25, 0.3) is 11.0 Å². The van der Waals surface area contributed by atoms with Gasteiger partial charge >= 0.3 is 5.63 Å². The lowest BCUT2D eigenvalue weighted by atomic mass is 10.1. The van der Waals surface area contributed by atoms with E-state index in [1.807, 2.05) is 19.1 Å². The summed E-state index contributed by atoms with van der Waals surface area (Å²) in [5.74, 6) is -0.0957. The number of aryl methyl sites for hydroxylation is 1. The fourth-order valence-electron chi connectivity index (χ4n) is 2.78. The van der Waals surface area contributed by atoms with Crippen molar-refractivity contribution in [2.75, 3.05) is 18.5 Å². The van der Waals surface area contributed by atoms with Crippen LogP contribution in [0.1, 0.15) is 16.7 Å². The number of carbonyl (C=O) groups is 1. The summed E-state index contributed by atoms with van der Waals surface area (Å²) >= 11 is 6.26. The maximum absolute atomic E-state index is 12.1. The van der Waals surface area contributed by atoms with E-state index in [9.17, 15) is 9.59 Å². The predicted molar refractivity (Wildman–Crippen MR) is 108 cm³/mol. The highest BCUT2D eigenvalue weighted by molar-refractivity contribution is 6.32. The van der Waals surface area contributed by atoms with E-state index in [2.05, 4.69) is 5.32 Å². The molecule has 0 bridgehead atoms. The molecule has 0 saturated carbocycles. The van der Waals surface area contributed by atoms with E-state index in [1.165, 1.54) is 6.07 Å². The van der Waals surface area contributed by atoms with Crippen LogP contribution >= 0.6 is 11.6 Å². The summed E-state index contributed by atoms with van der Waals surface area (Å²) in [4.78, 5) is 24.0. The van der Waals surface area contributed by atoms with Gasteiger partial charge in [0, 0.05) is 29.3 Å². The van der Waals surface area contributed by atoms with Crippen molar-refractivity contribution < 1.29 is 19.1 Å². The van der Waals surface area contributed by atoms with E-state index >= 15 is 0 Å². The molecule has 0 saturated heterocycles. The molecule has 0 unspecified atom stereocenters. The highest BCUT2D eigenvalue weighted by atomic mass is 35.5. The number of carbonyl (C=O) groups excluding carboxylic acids is 1. The number of anilines is 1. The zero-order valence-corrected chi connectivity index (χ0v) is 16.3. The third kappa shape index (κ3) is 4.35. The van der Waals surface area contributed by atoms with Gasteiger partial charge in [0.25, 0.3) is 5.91 Å². The second kappa shape index (κ2) is 8.46. The summed E-state index contributed by atoms with van der Waals surface area (Å²) in [6, 6.07) is 10.4. The molecule has 146 valence electrons. The number of halogens is 1. The van der Waals surface area contributed by atoms with Gasteiger partial charge in [0.15, 0.2) is 6.61 Å². The van der Waals surface area contributed by atoms with Crippen molar-refractivity contribution in [3.8, 4) is 5.75 Å². The molecular weight excluding hydrogens is 382 g/mol. The number of aliphatic hydroxyl groups excluding tert-OH is 1. The first kappa shape index (κ1) is 19.9. The minimum atomic E-state index is -0.416. The average Bonchev–Trinajstić information content (AvgIpc) is 2.67. The summed E-state index contributed by atoms with van der Waals surface area (Å²) in [5.41, 5.74) is 2.86. The van der Waals surface area contributed by atoms with Gasteiger partial charge in [-0.25, -0.2) is 4.79 Å². The third-order valence-corrected chi connectivity index (χ3v) is 4.80. The zero-order valence-electron chi connectivity index (χ0n) is 15.5. The second-order valence-electron chi connectivity index (χ2n) is 6.43. The molecule has 0 radical (unpaired) electrons. The predicted octanol–water partition coefficient (Wildman–Crippen LogP) is 3.62. The fourth-order valence-corrected chi connectivity index (χ4v) is 3.00. The van der Waals surface area contributed by atoms with Crippen molar-refractivity contribution in [1.29, 1.82) is 0 Å². The monoisotopic (exact) mass is 401 g/mol.